The summed E-state index contributed by atoms with van der Waals surface area (Å²) in [6.45, 7) is 2.83. The summed E-state index contributed by atoms with van der Waals surface area (Å²) >= 11 is 0. The van der Waals surface area contributed by atoms with Crippen molar-refractivity contribution in [2.45, 2.75) is 19.4 Å². The van der Waals surface area contributed by atoms with Gasteiger partial charge in [0.25, 0.3) is 0 Å². The molecule has 2 aromatic heterocycles. The number of hydrogen-bond acceptors (Lipinski definition) is 4. The third-order valence-corrected chi connectivity index (χ3v) is 2.94. The summed E-state index contributed by atoms with van der Waals surface area (Å²) in [6, 6.07) is 4.20. The first-order valence-corrected chi connectivity index (χ1v) is 5.49. The maximum absolute atomic E-state index is 5.57. The van der Waals surface area contributed by atoms with Gasteiger partial charge in [0.1, 0.15) is 11.4 Å². The van der Waals surface area contributed by atoms with Gasteiger partial charge in [-0.1, -0.05) is 0 Å². The molecule has 1 unspecified atom stereocenters. The van der Waals surface area contributed by atoms with E-state index in [1.54, 1.807) is 12.5 Å². The van der Waals surface area contributed by atoms with Crippen LogP contribution in [0.1, 0.15) is 13.3 Å². The van der Waals surface area contributed by atoms with Crippen molar-refractivity contribution in [3.05, 3.63) is 24.6 Å². The highest BCUT2D eigenvalue weighted by Gasteiger charge is 2.14. The Hall–Kier alpha value is -1.55. The number of hydrogen-bond donors (Lipinski definition) is 1. The van der Waals surface area contributed by atoms with Crippen LogP contribution in [0.3, 0.4) is 0 Å². The van der Waals surface area contributed by atoms with Crippen molar-refractivity contribution in [3.63, 3.8) is 0 Å². The van der Waals surface area contributed by atoms with E-state index in [-0.39, 0.29) is 0 Å². The lowest BCUT2D eigenvalue weighted by Crippen LogP contribution is -2.31. The molecule has 0 aliphatic heterocycles. The molecule has 4 heteroatoms. The molecule has 0 fully saturated rings. The van der Waals surface area contributed by atoms with E-state index < -0.39 is 0 Å². The topological polar surface area (TPSA) is 55.3 Å². The largest absolute Gasteiger partial charge is 0.464 e. The quantitative estimate of drug-likeness (QED) is 0.854. The summed E-state index contributed by atoms with van der Waals surface area (Å²) in [7, 11) is 2.04. The summed E-state index contributed by atoms with van der Waals surface area (Å²) < 4.78 is 5.36. The second-order valence-corrected chi connectivity index (χ2v) is 4.00. The molecule has 0 saturated heterocycles. The fraction of sp³-hybridized carbons (Fsp3) is 0.417. The lowest BCUT2D eigenvalue weighted by Gasteiger charge is -2.25. The van der Waals surface area contributed by atoms with Crippen molar-refractivity contribution in [2.75, 3.05) is 18.5 Å². The minimum absolute atomic E-state index is 0.373. The molecule has 0 radical (unpaired) electrons. The van der Waals surface area contributed by atoms with Crippen molar-refractivity contribution in [2.24, 2.45) is 5.73 Å². The third kappa shape index (κ3) is 1.88. The molecule has 16 heavy (non-hydrogen) atoms. The molecule has 2 N–H and O–H groups in total. The van der Waals surface area contributed by atoms with Gasteiger partial charge >= 0.3 is 0 Å². The highest BCUT2D eigenvalue weighted by atomic mass is 16.3. The van der Waals surface area contributed by atoms with Crippen LogP contribution in [0.15, 0.2) is 29.0 Å². The molecule has 0 saturated carbocycles. The van der Waals surface area contributed by atoms with Crippen molar-refractivity contribution in [1.29, 1.82) is 0 Å². The van der Waals surface area contributed by atoms with E-state index in [2.05, 4.69) is 16.8 Å². The first-order valence-electron chi connectivity index (χ1n) is 5.49. The van der Waals surface area contributed by atoms with Gasteiger partial charge < -0.3 is 15.1 Å². The molecule has 2 rings (SSSR count). The van der Waals surface area contributed by atoms with Crippen LogP contribution in [0.2, 0.25) is 0 Å². The van der Waals surface area contributed by atoms with Gasteiger partial charge in [-0.3, -0.25) is 0 Å². The zero-order chi connectivity index (χ0) is 11.5. The van der Waals surface area contributed by atoms with Gasteiger partial charge in [0.05, 0.1) is 11.6 Å². The highest BCUT2D eigenvalue weighted by molar-refractivity contribution is 5.88. The molecule has 2 aromatic rings. The molecule has 0 aromatic carbocycles. The summed E-state index contributed by atoms with van der Waals surface area (Å²) in [6.07, 6.45) is 4.41. The Morgan fingerprint density at radius 2 is 2.31 bits per heavy atom. The summed E-state index contributed by atoms with van der Waals surface area (Å²) in [5, 5.41) is 1.05. The minimum Gasteiger partial charge on any atom is -0.464 e. The summed E-state index contributed by atoms with van der Waals surface area (Å²) in [4.78, 5) is 6.55. The summed E-state index contributed by atoms with van der Waals surface area (Å²) in [5.74, 6) is 0.951. The Bertz CT molecular complexity index is 466. The number of furan rings is 1. The molecular formula is C12H17N3O. The molecule has 1 atom stereocenters. The molecule has 0 bridgehead atoms. The first kappa shape index (κ1) is 11.0. The van der Waals surface area contributed by atoms with Gasteiger partial charge in [0.15, 0.2) is 0 Å². The second kappa shape index (κ2) is 4.53. The van der Waals surface area contributed by atoms with Gasteiger partial charge in [0, 0.05) is 19.3 Å². The molecule has 0 aliphatic carbocycles. The van der Waals surface area contributed by atoms with Crippen LogP contribution in [0, 0.1) is 0 Å². The van der Waals surface area contributed by atoms with Crippen LogP contribution < -0.4 is 10.6 Å². The lowest BCUT2D eigenvalue weighted by atomic mass is 10.2. The number of pyridine rings is 1. The lowest BCUT2D eigenvalue weighted by molar-refractivity contribution is 0.614. The van der Waals surface area contributed by atoms with E-state index in [0.29, 0.717) is 12.6 Å². The van der Waals surface area contributed by atoms with Crippen LogP contribution in [-0.4, -0.2) is 24.6 Å². The van der Waals surface area contributed by atoms with E-state index in [1.807, 2.05) is 19.2 Å². The van der Waals surface area contributed by atoms with E-state index in [0.717, 1.165) is 23.2 Å². The number of anilines is 1. The Morgan fingerprint density at radius 1 is 1.50 bits per heavy atom. The predicted molar refractivity (Wildman–Crippen MR) is 65.5 cm³/mol. The van der Waals surface area contributed by atoms with E-state index in [9.17, 15) is 0 Å². The Kier molecular flexibility index (Phi) is 3.10. The molecule has 2 heterocycles. The van der Waals surface area contributed by atoms with Crippen molar-refractivity contribution < 1.29 is 4.42 Å². The molecule has 0 amide bonds. The molecule has 0 spiro atoms. The fourth-order valence-electron chi connectivity index (χ4n) is 1.80. The first-order chi connectivity index (χ1) is 7.74. The van der Waals surface area contributed by atoms with Crippen LogP contribution in [0.5, 0.6) is 0 Å². The Balaban J connectivity index is 2.35. The predicted octanol–water partition coefficient (Wildman–Crippen LogP) is 2.00. The average molecular weight is 219 g/mol. The Morgan fingerprint density at radius 3 is 3.06 bits per heavy atom. The second-order valence-electron chi connectivity index (χ2n) is 4.00. The van der Waals surface area contributed by atoms with Crippen LogP contribution in [0.4, 0.5) is 5.82 Å². The van der Waals surface area contributed by atoms with Crippen LogP contribution >= 0.6 is 0 Å². The Labute approximate surface area is 95.1 Å². The van der Waals surface area contributed by atoms with Gasteiger partial charge in [0.2, 0.25) is 0 Å². The zero-order valence-corrected chi connectivity index (χ0v) is 9.68. The normalized spacial score (nSPS) is 12.9. The minimum atomic E-state index is 0.373. The third-order valence-electron chi connectivity index (χ3n) is 2.94. The van der Waals surface area contributed by atoms with Crippen molar-refractivity contribution in [1.82, 2.24) is 4.98 Å². The van der Waals surface area contributed by atoms with Crippen molar-refractivity contribution in [3.8, 4) is 0 Å². The standard InChI is InChI=1S/C12H17N3O/c1-9(3-6-13)15(2)12-10-5-8-16-11(10)4-7-14-12/h4-5,7-9H,3,6,13H2,1-2H3. The molecule has 4 nitrogen and oxygen atoms in total. The van der Waals surface area contributed by atoms with E-state index in [4.69, 9.17) is 10.2 Å². The average Bonchev–Trinajstić information content (AvgIpc) is 2.76. The number of aromatic nitrogens is 1. The molecule has 86 valence electrons. The number of nitrogens with zero attached hydrogens (tertiary/aromatic N) is 2. The number of rotatable bonds is 4. The molecular weight excluding hydrogens is 202 g/mol. The number of nitrogens with two attached hydrogens (primary N) is 1. The SMILES string of the molecule is CC(CCN)N(C)c1nccc2occc12. The molecule has 0 aliphatic rings. The van der Waals surface area contributed by atoms with E-state index >= 15 is 0 Å². The fourth-order valence-corrected chi connectivity index (χ4v) is 1.80. The van der Waals surface area contributed by atoms with Gasteiger partial charge in [-0.05, 0) is 32.0 Å². The monoisotopic (exact) mass is 219 g/mol. The summed E-state index contributed by atoms with van der Waals surface area (Å²) in [5.41, 5.74) is 6.44. The highest BCUT2D eigenvalue weighted by Crippen LogP contribution is 2.25. The van der Waals surface area contributed by atoms with Gasteiger partial charge in [-0.2, -0.15) is 0 Å². The van der Waals surface area contributed by atoms with Crippen LogP contribution in [-0.2, 0) is 0 Å². The zero-order valence-electron chi connectivity index (χ0n) is 9.68. The number of fused-ring (bicyclic) bond motifs is 1. The van der Waals surface area contributed by atoms with Crippen molar-refractivity contribution >= 4 is 16.8 Å². The van der Waals surface area contributed by atoms with Crippen LogP contribution in [0.25, 0.3) is 11.0 Å². The van der Waals surface area contributed by atoms with E-state index in [1.165, 1.54) is 0 Å². The van der Waals surface area contributed by atoms with Gasteiger partial charge in [-0.15, -0.1) is 0 Å². The van der Waals surface area contributed by atoms with Gasteiger partial charge in [-0.25, -0.2) is 4.98 Å². The maximum atomic E-state index is 5.57. The smallest absolute Gasteiger partial charge is 0.139 e. The maximum Gasteiger partial charge on any atom is 0.139 e.